The van der Waals surface area contributed by atoms with Gasteiger partial charge in [0.05, 0.1) is 0 Å². The normalized spacial score (nSPS) is 9.70. The molecule has 0 atom stereocenters. The van der Waals surface area contributed by atoms with Crippen LogP contribution in [0.2, 0.25) is 0 Å². The molecule has 0 unspecified atom stereocenters. The zero-order chi connectivity index (χ0) is 7.40. The van der Waals surface area contributed by atoms with Gasteiger partial charge in [-0.05, 0) is 0 Å². The quantitative estimate of drug-likeness (QED) is 0.578. The molecule has 1 rings (SSSR count). The fourth-order valence-corrected chi connectivity index (χ4v) is 0.698. The van der Waals surface area contributed by atoms with E-state index in [-0.39, 0.29) is 12.0 Å². The maximum absolute atomic E-state index is 10.5. The maximum Gasteiger partial charge on any atom is 0.181 e. The van der Waals surface area contributed by atoms with E-state index in [1.165, 1.54) is 12.1 Å². The summed E-state index contributed by atoms with van der Waals surface area (Å²) >= 11 is 0. The molecular formula is C7H8NO2. The maximum atomic E-state index is 10.5. The molecule has 0 aromatic carbocycles. The highest BCUT2D eigenvalue weighted by molar-refractivity contribution is 4.93. The molecule has 1 aromatic heterocycles. The van der Waals surface area contributed by atoms with Crippen molar-refractivity contribution in [3.8, 4) is 0 Å². The minimum Gasteiger partial charge on any atom is -0.352 e. The standard InChI is InChI=1S/C7H8NO2/c9-6-5-8-3-1-7(10)2-4-8/h1-4H,5-6H2. The van der Waals surface area contributed by atoms with Gasteiger partial charge >= 0.3 is 0 Å². The number of hydrogen-bond donors (Lipinski definition) is 0. The smallest absolute Gasteiger partial charge is 0.181 e. The first kappa shape index (κ1) is 7.02. The Morgan fingerprint density at radius 2 is 1.90 bits per heavy atom. The number of hydrogen-bond acceptors (Lipinski definition) is 1. The third kappa shape index (κ3) is 1.70. The van der Waals surface area contributed by atoms with Crippen molar-refractivity contribution in [2.75, 3.05) is 6.61 Å². The molecule has 0 bridgehead atoms. The Morgan fingerprint density at radius 3 is 2.40 bits per heavy atom. The molecule has 1 heterocycles. The van der Waals surface area contributed by atoms with Crippen LogP contribution in [0.3, 0.4) is 0 Å². The third-order valence-electron chi connectivity index (χ3n) is 1.21. The van der Waals surface area contributed by atoms with E-state index < -0.39 is 0 Å². The molecule has 1 radical (unpaired) electrons. The van der Waals surface area contributed by atoms with E-state index in [0.29, 0.717) is 6.54 Å². The molecule has 10 heavy (non-hydrogen) atoms. The highest BCUT2D eigenvalue weighted by atomic mass is 16.3. The zero-order valence-electron chi connectivity index (χ0n) is 5.49. The summed E-state index contributed by atoms with van der Waals surface area (Å²) in [5.41, 5.74) is -0.0258. The van der Waals surface area contributed by atoms with E-state index in [2.05, 4.69) is 0 Å². The summed E-state index contributed by atoms with van der Waals surface area (Å²) in [7, 11) is 0. The molecule has 0 fully saturated rings. The molecule has 0 aliphatic carbocycles. The Balaban J connectivity index is 2.79. The van der Waals surface area contributed by atoms with E-state index in [0.717, 1.165) is 0 Å². The lowest BCUT2D eigenvalue weighted by molar-refractivity contribution is 0.180. The van der Waals surface area contributed by atoms with Crippen LogP contribution in [0, 0.1) is 0 Å². The first-order valence-corrected chi connectivity index (χ1v) is 3.07. The van der Waals surface area contributed by atoms with Crippen LogP contribution in [-0.2, 0) is 11.7 Å². The Bertz CT molecular complexity index is 234. The molecule has 53 valence electrons. The Morgan fingerprint density at radius 1 is 1.30 bits per heavy atom. The highest BCUT2D eigenvalue weighted by Crippen LogP contribution is 1.81. The van der Waals surface area contributed by atoms with Crippen molar-refractivity contribution in [2.24, 2.45) is 0 Å². The number of pyridine rings is 1. The zero-order valence-corrected chi connectivity index (χ0v) is 5.49. The van der Waals surface area contributed by atoms with Crippen LogP contribution in [0.25, 0.3) is 0 Å². The third-order valence-corrected chi connectivity index (χ3v) is 1.21. The van der Waals surface area contributed by atoms with Crippen LogP contribution < -0.4 is 5.43 Å². The van der Waals surface area contributed by atoms with Gasteiger partial charge in [0.1, 0.15) is 6.61 Å². The average molecular weight is 138 g/mol. The van der Waals surface area contributed by atoms with Crippen molar-refractivity contribution in [3.63, 3.8) is 0 Å². The second-order valence-electron chi connectivity index (χ2n) is 1.98. The van der Waals surface area contributed by atoms with Crippen molar-refractivity contribution >= 4 is 0 Å². The first-order valence-electron chi connectivity index (χ1n) is 3.07. The van der Waals surface area contributed by atoms with Crippen LogP contribution in [0.5, 0.6) is 0 Å². The van der Waals surface area contributed by atoms with Gasteiger partial charge < -0.3 is 4.57 Å². The van der Waals surface area contributed by atoms with Crippen molar-refractivity contribution < 1.29 is 5.11 Å². The van der Waals surface area contributed by atoms with Gasteiger partial charge in [0.25, 0.3) is 0 Å². The van der Waals surface area contributed by atoms with E-state index >= 15 is 0 Å². The molecule has 0 aliphatic rings. The number of rotatable bonds is 2. The molecule has 3 heteroatoms. The topological polar surface area (TPSA) is 41.9 Å². The molecule has 3 nitrogen and oxygen atoms in total. The lowest BCUT2D eigenvalue weighted by Gasteiger charge is -1.98. The molecule has 0 saturated heterocycles. The van der Waals surface area contributed by atoms with Gasteiger partial charge in [0.2, 0.25) is 0 Å². The molecule has 0 aliphatic heterocycles. The summed E-state index contributed by atoms with van der Waals surface area (Å²) in [6.07, 6.45) is 3.22. The van der Waals surface area contributed by atoms with Gasteiger partial charge in [-0.2, -0.15) is 0 Å². The molecule has 1 aromatic rings. The minimum atomic E-state index is -0.150. The summed E-state index contributed by atoms with van der Waals surface area (Å²) in [6, 6.07) is 2.88. The second kappa shape index (κ2) is 3.17. The van der Waals surface area contributed by atoms with Gasteiger partial charge in [0, 0.05) is 31.1 Å². The second-order valence-corrected chi connectivity index (χ2v) is 1.98. The van der Waals surface area contributed by atoms with Crippen LogP contribution >= 0.6 is 0 Å². The van der Waals surface area contributed by atoms with E-state index in [1.807, 2.05) is 0 Å². The summed E-state index contributed by atoms with van der Waals surface area (Å²) < 4.78 is 1.69. The monoisotopic (exact) mass is 138 g/mol. The summed E-state index contributed by atoms with van der Waals surface area (Å²) in [6.45, 7) is 0.281. The van der Waals surface area contributed by atoms with E-state index in [1.54, 1.807) is 17.0 Å². The summed E-state index contributed by atoms with van der Waals surface area (Å²) in [5.74, 6) is 0. The number of aromatic nitrogens is 1. The van der Waals surface area contributed by atoms with Crippen molar-refractivity contribution in [3.05, 3.63) is 34.7 Å². The molecular weight excluding hydrogens is 130 g/mol. The van der Waals surface area contributed by atoms with Gasteiger partial charge in [-0.3, -0.25) is 4.79 Å². The largest absolute Gasteiger partial charge is 0.352 e. The Kier molecular flexibility index (Phi) is 2.23. The van der Waals surface area contributed by atoms with Crippen molar-refractivity contribution in [1.29, 1.82) is 0 Å². The lowest BCUT2D eigenvalue weighted by atomic mass is 10.4. The van der Waals surface area contributed by atoms with Crippen molar-refractivity contribution in [2.45, 2.75) is 6.54 Å². The van der Waals surface area contributed by atoms with Crippen LogP contribution in [-0.4, -0.2) is 11.2 Å². The first-order chi connectivity index (χ1) is 4.83. The molecule has 0 spiro atoms. The molecule has 0 saturated carbocycles. The Hall–Kier alpha value is -1.09. The van der Waals surface area contributed by atoms with Gasteiger partial charge in [-0.1, -0.05) is 0 Å². The minimum absolute atomic E-state index is 0.0258. The fourth-order valence-electron chi connectivity index (χ4n) is 0.698. The van der Waals surface area contributed by atoms with Gasteiger partial charge in [0.15, 0.2) is 5.43 Å². The van der Waals surface area contributed by atoms with Crippen molar-refractivity contribution in [1.82, 2.24) is 4.57 Å². The van der Waals surface area contributed by atoms with Crippen LogP contribution in [0.1, 0.15) is 0 Å². The molecule has 0 N–H and O–H groups in total. The number of nitrogens with zero attached hydrogens (tertiary/aromatic N) is 1. The molecule has 0 amide bonds. The average Bonchev–Trinajstić information content (AvgIpc) is 1.95. The summed E-state index contributed by atoms with van der Waals surface area (Å²) in [4.78, 5) is 10.5. The Labute approximate surface area is 58.5 Å². The predicted molar refractivity (Wildman–Crippen MR) is 36.3 cm³/mol. The lowest BCUT2D eigenvalue weighted by Crippen LogP contribution is -2.05. The van der Waals surface area contributed by atoms with Crippen LogP contribution in [0.4, 0.5) is 0 Å². The van der Waals surface area contributed by atoms with E-state index in [4.69, 9.17) is 0 Å². The van der Waals surface area contributed by atoms with Crippen LogP contribution in [0.15, 0.2) is 29.3 Å². The van der Waals surface area contributed by atoms with E-state index in [9.17, 15) is 9.90 Å². The predicted octanol–water partition coefficient (Wildman–Crippen LogP) is 0.279. The highest BCUT2D eigenvalue weighted by Gasteiger charge is 1.85. The summed E-state index contributed by atoms with van der Waals surface area (Å²) in [5, 5.41) is 10.1. The fraction of sp³-hybridized carbons (Fsp3) is 0.286. The van der Waals surface area contributed by atoms with Gasteiger partial charge in [-0.25, -0.2) is 5.11 Å². The SMILES string of the molecule is [O]CCn1ccc(=O)cc1. The van der Waals surface area contributed by atoms with Gasteiger partial charge in [-0.15, -0.1) is 0 Å².